The van der Waals surface area contributed by atoms with Crippen LogP contribution in [0.3, 0.4) is 0 Å². The summed E-state index contributed by atoms with van der Waals surface area (Å²) in [5, 5.41) is 0. The van der Waals surface area contributed by atoms with Gasteiger partial charge in [0.2, 0.25) is 5.95 Å². The fraction of sp³-hybridized carbons (Fsp3) is 0.444. The molecule has 0 aliphatic carbocycles. The summed E-state index contributed by atoms with van der Waals surface area (Å²) in [6.45, 7) is 4.44. The van der Waals surface area contributed by atoms with Crippen LogP contribution in [0.4, 0.5) is 5.95 Å². The summed E-state index contributed by atoms with van der Waals surface area (Å²) in [6.07, 6.45) is 0. The van der Waals surface area contributed by atoms with Crippen molar-refractivity contribution >= 4 is 17.1 Å². The Bertz CT molecular complexity index is 633. The molecule has 0 saturated carbocycles. The normalized spacial score (nSPS) is 11.4. The Morgan fingerprint density at radius 3 is 2.69 bits per heavy atom. The smallest absolute Gasteiger partial charge is 0.327 e. The predicted molar refractivity (Wildman–Crippen MR) is 60.2 cm³/mol. The van der Waals surface area contributed by atoms with Gasteiger partial charge in [-0.05, 0) is 5.92 Å². The molecule has 2 rings (SSSR count). The number of nitrogens with two attached hydrogens (primary N) is 1. The first kappa shape index (κ1) is 10.5. The number of aromatic amines is 2. The van der Waals surface area contributed by atoms with E-state index >= 15 is 0 Å². The lowest BCUT2D eigenvalue weighted by molar-refractivity contribution is 0.520. The lowest BCUT2D eigenvalue weighted by Gasteiger charge is -2.05. The molecule has 7 nitrogen and oxygen atoms in total. The summed E-state index contributed by atoms with van der Waals surface area (Å²) in [4.78, 5) is 31.9. The molecule has 0 saturated heterocycles. The molecule has 0 radical (unpaired) electrons. The van der Waals surface area contributed by atoms with E-state index in [0.717, 1.165) is 0 Å². The van der Waals surface area contributed by atoms with Gasteiger partial charge in [-0.3, -0.25) is 19.3 Å². The average Bonchev–Trinajstić information content (AvgIpc) is 2.45. The number of hydrogen-bond donors (Lipinski definition) is 3. The van der Waals surface area contributed by atoms with Crippen LogP contribution in [0.15, 0.2) is 9.59 Å². The average molecular weight is 223 g/mol. The Hall–Kier alpha value is -2.05. The Labute approximate surface area is 90.3 Å². The van der Waals surface area contributed by atoms with Gasteiger partial charge in [0.05, 0.1) is 0 Å². The first-order chi connectivity index (χ1) is 7.49. The first-order valence-corrected chi connectivity index (χ1v) is 4.97. The molecule has 0 atom stereocenters. The van der Waals surface area contributed by atoms with Crippen molar-refractivity contribution in [3.8, 4) is 0 Å². The molecule has 0 aliphatic heterocycles. The topological polar surface area (TPSA) is 110 Å². The number of hydrogen-bond acceptors (Lipinski definition) is 4. The zero-order chi connectivity index (χ0) is 11.9. The molecule has 2 aromatic rings. The Morgan fingerprint density at radius 1 is 1.38 bits per heavy atom. The fourth-order valence-corrected chi connectivity index (χ4v) is 1.59. The number of aromatic nitrogens is 4. The molecular weight excluding hydrogens is 210 g/mol. The van der Waals surface area contributed by atoms with Crippen molar-refractivity contribution in [3.63, 3.8) is 0 Å². The number of rotatable bonds is 2. The van der Waals surface area contributed by atoms with E-state index in [1.165, 1.54) is 4.57 Å². The molecular formula is C9H13N5O2. The molecule has 0 unspecified atom stereocenters. The van der Waals surface area contributed by atoms with Crippen molar-refractivity contribution in [1.82, 2.24) is 19.5 Å². The van der Waals surface area contributed by atoms with E-state index in [9.17, 15) is 9.59 Å². The Balaban J connectivity index is 2.78. The van der Waals surface area contributed by atoms with E-state index in [0.29, 0.717) is 12.2 Å². The van der Waals surface area contributed by atoms with Gasteiger partial charge in [-0.15, -0.1) is 0 Å². The van der Waals surface area contributed by atoms with E-state index in [1.54, 1.807) is 0 Å². The Kier molecular flexibility index (Phi) is 2.30. The minimum absolute atomic E-state index is 0.00834. The van der Waals surface area contributed by atoms with Crippen LogP contribution in [0.5, 0.6) is 0 Å². The van der Waals surface area contributed by atoms with Gasteiger partial charge < -0.3 is 5.73 Å². The van der Waals surface area contributed by atoms with Crippen LogP contribution in [-0.2, 0) is 6.54 Å². The second kappa shape index (κ2) is 3.51. The van der Waals surface area contributed by atoms with Crippen LogP contribution in [0.1, 0.15) is 13.8 Å². The first-order valence-electron chi connectivity index (χ1n) is 4.97. The molecule has 2 heterocycles. The summed E-state index contributed by atoms with van der Waals surface area (Å²) >= 11 is 0. The number of nitrogens with zero attached hydrogens (tertiary/aromatic N) is 2. The van der Waals surface area contributed by atoms with Gasteiger partial charge in [-0.25, -0.2) is 4.79 Å². The maximum absolute atomic E-state index is 11.6. The van der Waals surface area contributed by atoms with Gasteiger partial charge in [-0.1, -0.05) is 13.8 Å². The maximum atomic E-state index is 11.6. The standard InChI is InChI=1S/C9H13N5O2/c1-4(2)3-14-6-5(11-9(14)16)7(15)13-8(10)12-6/h4H,3H2,1-2H3,(H,11,16)(H3,10,12,13,15). The van der Waals surface area contributed by atoms with Crippen molar-refractivity contribution in [3.05, 3.63) is 20.8 Å². The molecule has 7 heteroatoms. The molecule has 4 N–H and O–H groups in total. The van der Waals surface area contributed by atoms with Crippen LogP contribution < -0.4 is 17.0 Å². The molecule has 0 bridgehead atoms. The quantitative estimate of drug-likeness (QED) is 0.646. The number of anilines is 1. The SMILES string of the molecule is CC(C)Cn1c(=O)[nH]c2c(=O)[nH]c(N)nc21. The summed E-state index contributed by atoms with van der Waals surface area (Å²) in [7, 11) is 0. The van der Waals surface area contributed by atoms with Crippen molar-refractivity contribution in [2.45, 2.75) is 20.4 Å². The number of H-pyrrole nitrogens is 2. The summed E-state index contributed by atoms with van der Waals surface area (Å²) in [6, 6.07) is 0. The minimum atomic E-state index is -0.429. The van der Waals surface area contributed by atoms with Crippen molar-refractivity contribution < 1.29 is 0 Å². The highest BCUT2D eigenvalue weighted by atomic mass is 16.2. The van der Waals surface area contributed by atoms with Gasteiger partial charge in [-0.2, -0.15) is 4.98 Å². The molecule has 0 aliphatic rings. The molecule has 86 valence electrons. The van der Waals surface area contributed by atoms with E-state index in [1.807, 2.05) is 13.8 Å². The third-order valence-corrected chi connectivity index (χ3v) is 2.20. The minimum Gasteiger partial charge on any atom is -0.369 e. The molecule has 2 aromatic heterocycles. The third kappa shape index (κ3) is 1.60. The second-order valence-electron chi connectivity index (χ2n) is 4.08. The highest BCUT2D eigenvalue weighted by Crippen LogP contribution is 2.05. The molecule has 0 aromatic carbocycles. The van der Waals surface area contributed by atoms with E-state index in [4.69, 9.17) is 5.73 Å². The van der Waals surface area contributed by atoms with Crippen LogP contribution in [0.25, 0.3) is 11.2 Å². The fourth-order valence-electron chi connectivity index (χ4n) is 1.59. The maximum Gasteiger partial charge on any atom is 0.327 e. The van der Waals surface area contributed by atoms with Crippen LogP contribution in [-0.4, -0.2) is 19.5 Å². The van der Waals surface area contributed by atoms with Crippen LogP contribution in [0.2, 0.25) is 0 Å². The van der Waals surface area contributed by atoms with Gasteiger partial charge >= 0.3 is 5.69 Å². The monoisotopic (exact) mass is 223 g/mol. The molecule has 16 heavy (non-hydrogen) atoms. The van der Waals surface area contributed by atoms with Gasteiger partial charge in [0.15, 0.2) is 11.2 Å². The molecule has 0 spiro atoms. The largest absolute Gasteiger partial charge is 0.369 e. The van der Waals surface area contributed by atoms with E-state index in [-0.39, 0.29) is 23.1 Å². The second-order valence-corrected chi connectivity index (χ2v) is 4.08. The van der Waals surface area contributed by atoms with Crippen molar-refractivity contribution in [1.29, 1.82) is 0 Å². The lowest BCUT2D eigenvalue weighted by Crippen LogP contribution is -2.19. The van der Waals surface area contributed by atoms with Gasteiger partial charge in [0.1, 0.15) is 0 Å². The van der Waals surface area contributed by atoms with Crippen molar-refractivity contribution in [2.24, 2.45) is 5.92 Å². The lowest BCUT2D eigenvalue weighted by atomic mass is 10.2. The zero-order valence-electron chi connectivity index (χ0n) is 9.07. The highest BCUT2D eigenvalue weighted by molar-refractivity contribution is 5.70. The van der Waals surface area contributed by atoms with Gasteiger partial charge in [0, 0.05) is 6.54 Å². The number of nitrogen functional groups attached to an aromatic ring is 1. The van der Waals surface area contributed by atoms with Gasteiger partial charge in [0.25, 0.3) is 5.56 Å². The molecule has 0 amide bonds. The van der Waals surface area contributed by atoms with E-state index in [2.05, 4.69) is 15.0 Å². The zero-order valence-corrected chi connectivity index (χ0v) is 9.07. The third-order valence-electron chi connectivity index (χ3n) is 2.20. The number of imidazole rings is 1. The Morgan fingerprint density at radius 2 is 2.06 bits per heavy atom. The number of fused-ring (bicyclic) bond motifs is 1. The van der Waals surface area contributed by atoms with Crippen LogP contribution >= 0.6 is 0 Å². The van der Waals surface area contributed by atoms with Crippen LogP contribution in [0, 0.1) is 5.92 Å². The summed E-state index contributed by atoms with van der Waals surface area (Å²) in [5.41, 5.74) is 5.14. The summed E-state index contributed by atoms with van der Waals surface area (Å²) < 4.78 is 1.42. The predicted octanol–water partition coefficient (Wildman–Crippen LogP) is -0.349. The van der Waals surface area contributed by atoms with Crippen molar-refractivity contribution in [2.75, 3.05) is 5.73 Å². The highest BCUT2D eigenvalue weighted by Gasteiger charge is 2.12. The molecule has 0 fully saturated rings. The number of nitrogens with one attached hydrogen (secondary N) is 2. The summed E-state index contributed by atoms with van der Waals surface area (Å²) in [5.74, 6) is 0.285. The van der Waals surface area contributed by atoms with E-state index < -0.39 is 5.56 Å².